The fourth-order valence-corrected chi connectivity index (χ4v) is 5.03. The van der Waals surface area contributed by atoms with Gasteiger partial charge in [0.1, 0.15) is 5.66 Å². The van der Waals surface area contributed by atoms with Crippen LogP contribution in [0.5, 0.6) is 0 Å². The van der Waals surface area contributed by atoms with Gasteiger partial charge in [-0.15, -0.1) is 0 Å². The highest BCUT2D eigenvalue weighted by molar-refractivity contribution is 7.99. The first-order valence-electron chi connectivity index (χ1n) is 9.10. The fraction of sp³-hybridized carbons (Fsp3) is 0.556. The van der Waals surface area contributed by atoms with Crippen molar-refractivity contribution in [2.45, 2.75) is 37.8 Å². The molecule has 2 fully saturated rings. The van der Waals surface area contributed by atoms with E-state index in [1.54, 1.807) is 0 Å². The van der Waals surface area contributed by atoms with Gasteiger partial charge in [0, 0.05) is 36.0 Å². The number of rotatable bonds is 2. The van der Waals surface area contributed by atoms with Gasteiger partial charge in [0.25, 0.3) is 0 Å². The summed E-state index contributed by atoms with van der Waals surface area (Å²) in [5.74, 6) is 3.16. The van der Waals surface area contributed by atoms with E-state index in [2.05, 4.69) is 39.1 Å². The first-order chi connectivity index (χ1) is 12.2. The van der Waals surface area contributed by atoms with Gasteiger partial charge in [-0.2, -0.15) is 16.8 Å². The first-order valence-corrected chi connectivity index (χ1v) is 10.3. The van der Waals surface area contributed by atoms with Crippen molar-refractivity contribution in [2.75, 3.05) is 34.4 Å². The number of anilines is 2. The van der Waals surface area contributed by atoms with Gasteiger partial charge >= 0.3 is 0 Å². The zero-order valence-corrected chi connectivity index (χ0v) is 15.3. The van der Waals surface area contributed by atoms with E-state index < -0.39 is 0 Å². The third-order valence-corrected chi connectivity index (χ3v) is 6.28. The highest BCUT2D eigenvalue weighted by Crippen LogP contribution is 2.39. The van der Waals surface area contributed by atoms with Crippen LogP contribution in [0.2, 0.25) is 0 Å². The van der Waals surface area contributed by atoms with Crippen molar-refractivity contribution in [1.82, 2.24) is 0 Å². The first kappa shape index (κ1) is 16.6. The lowest BCUT2D eigenvalue weighted by atomic mass is 9.87. The number of thioether (sulfide) groups is 1. The van der Waals surface area contributed by atoms with Crippen LogP contribution in [-0.4, -0.2) is 42.2 Å². The number of nitrogens with two attached hydrogens (primary N) is 2. The average molecular weight is 359 g/mol. The molecule has 2 heterocycles. The van der Waals surface area contributed by atoms with Gasteiger partial charge in [0.2, 0.25) is 11.9 Å². The van der Waals surface area contributed by atoms with Crippen molar-refractivity contribution >= 4 is 35.1 Å². The predicted molar refractivity (Wildman–Crippen MR) is 108 cm³/mol. The Morgan fingerprint density at radius 3 is 2.24 bits per heavy atom. The molecule has 1 aromatic rings. The molecule has 1 spiro atoms. The van der Waals surface area contributed by atoms with Crippen LogP contribution in [0.25, 0.3) is 0 Å². The van der Waals surface area contributed by atoms with Crippen LogP contribution in [0.4, 0.5) is 11.4 Å². The molecule has 0 bridgehead atoms. The fourth-order valence-electron chi connectivity index (χ4n) is 4.13. The van der Waals surface area contributed by atoms with E-state index in [1.165, 1.54) is 23.6 Å². The zero-order chi connectivity index (χ0) is 17.3. The summed E-state index contributed by atoms with van der Waals surface area (Å²) in [5, 5.41) is 0. The van der Waals surface area contributed by atoms with Crippen LogP contribution in [0, 0.1) is 0 Å². The molecule has 3 aliphatic rings. The number of hydrogen-bond acceptors (Lipinski definition) is 7. The molecule has 1 saturated heterocycles. The minimum Gasteiger partial charge on any atom is -0.370 e. The number of hydrogen-bond donors (Lipinski definition) is 2. The largest absolute Gasteiger partial charge is 0.370 e. The second-order valence-electron chi connectivity index (χ2n) is 6.93. The van der Waals surface area contributed by atoms with Gasteiger partial charge in [-0.1, -0.05) is 6.42 Å². The summed E-state index contributed by atoms with van der Waals surface area (Å²) in [4.78, 5) is 13.5. The van der Waals surface area contributed by atoms with E-state index in [9.17, 15) is 0 Å². The highest BCUT2D eigenvalue weighted by atomic mass is 32.2. The van der Waals surface area contributed by atoms with Crippen LogP contribution < -0.4 is 21.3 Å². The SMILES string of the molecule is NC1=NC2(CCCCC2)N(c2ccc(N3CCSCC3)cc2)C(N)=N1. The Balaban J connectivity index is 1.63. The summed E-state index contributed by atoms with van der Waals surface area (Å²) in [6.45, 7) is 2.23. The number of aliphatic imine (C=N–C) groups is 2. The van der Waals surface area contributed by atoms with Crippen LogP contribution >= 0.6 is 11.8 Å². The Labute approximate surface area is 153 Å². The van der Waals surface area contributed by atoms with E-state index in [4.69, 9.17) is 16.5 Å². The zero-order valence-electron chi connectivity index (χ0n) is 14.5. The minimum absolute atomic E-state index is 0.304. The molecular weight excluding hydrogens is 332 g/mol. The third kappa shape index (κ3) is 3.17. The summed E-state index contributed by atoms with van der Waals surface area (Å²) in [5.41, 5.74) is 14.2. The normalized spacial score (nSPS) is 23.4. The van der Waals surface area contributed by atoms with E-state index in [-0.39, 0.29) is 5.66 Å². The van der Waals surface area contributed by atoms with Gasteiger partial charge in [-0.05, 0) is 49.9 Å². The predicted octanol–water partition coefficient (Wildman–Crippen LogP) is 2.35. The molecule has 2 aliphatic heterocycles. The van der Waals surface area contributed by atoms with Crippen molar-refractivity contribution in [3.8, 4) is 0 Å². The molecule has 134 valence electrons. The van der Waals surface area contributed by atoms with Crippen LogP contribution in [-0.2, 0) is 0 Å². The summed E-state index contributed by atoms with van der Waals surface area (Å²) in [6, 6.07) is 8.67. The lowest BCUT2D eigenvalue weighted by molar-refractivity contribution is 0.305. The molecule has 4 N–H and O–H groups in total. The topological polar surface area (TPSA) is 83.2 Å². The van der Waals surface area contributed by atoms with E-state index in [0.717, 1.165) is 44.5 Å². The summed E-state index contributed by atoms with van der Waals surface area (Å²) in [6.07, 6.45) is 5.46. The molecule has 1 aromatic carbocycles. The Hall–Kier alpha value is -1.89. The number of guanidine groups is 2. The van der Waals surface area contributed by atoms with Gasteiger partial charge in [-0.25, -0.2) is 4.99 Å². The van der Waals surface area contributed by atoms with E-state index in [0.29, 0.717) is 11.9 Å². The molecule has 7 heteroatoms. The van der Waals surface area contributed by atoms with Crippen molar-refractivity contribution in [3.63, 3.8) is 0 Å². The number of benzene rings is 1. The molecule has 4 rings (SSSR count). The Kier molecular flexibility index (Phi) is 4.50. The number of nitrogens with zero attached hydrogens (tertiary/aromatic N) is 4. The van der Waals surface area contributed by atoms with Gasteiger partial charge in [0.05, 0.1) is 0 Å². The average Bonchev–Trinajstić information content (AvgIpc) is 2.63. The summed E-state index contributed by atoms with van der Waals surface area (Å²) in [7, 11) is 0. The Bertz CT molecular complexity index is 671. The molecule has 1 aliphatic carbocycles. The minimum atomic E-state index is -0.364. The Morgan fingerprint density at radius 1 is 0.920 bits per heavy atom. The molecule has 0 radical (unpaired) electrons. The van der Waals surface area contributed by atoms with E-state index >= 15 is 0 Å². The van der Waals surface area contributed by atoms with Gasteiger partial charge < -0.3 is 16.4 Å². The summed E-state index contributed by atoms with van der Waals surface area (Å²) >= 11 is 2.03. The molecule has 0 unspecified atom stereocenters. The van der Waals surface area contributed by atoms with E-state index in [1.807, 2.05) is 11.8 Å². The molecular formula is C18H26N6S. The molecule has 1 saturated carbocycles. The lowest BCUT2D eigenvalue weighted by Gasteiger charge is -2.45. The molecule has 0 amide bonds. The van der Waals surface area contributed by atoms with Crippen molar-refractivity contribution in [1.29, 1.82) is 0 Å². The smallest absolute Gasteiger partial charge is 0.220 e. The van der Waals surface area contributed by atoms with Crippen LogP contribution in [0.15, 0.2) is 34.3 Å². The van der Waals surface area contributed by atoms with Crippen LogP contribution in [0.1, 0.15) is 32.1 Å². The Morgan fingerprint density at radius 2 is 1.56 bits per heavy atom. The van der Waals surface area contributed by atoms with Gasteiger partial charge in [-0.3, -0.25) is 4.90 Å². The van der Waals surface area contributed by atoms with Crippen molar-refractivity contribution < 1.29 is 0 Å². The highest BCUT2D eigenvalue weighted by Gasteiger charge is 2.42. The second-order valence-corrected chi connectivity index (χ2v) is 8.16. The standard InChI is InChI=1S/C18H26N6S/c19-16-21-17(20)24(18(22-16)8-2-1-3-9-18)15-6-4-14(5-7-15)23-10-12-25-13-11-23/h4-7H,1-3,8-13H2,(H4,19,20,21,22). The quantitative estimate of drug-likeness (QED) is 0.848. The maximum absolute atomic E-state index is 6.29. The van der Waals surface area contributed by atoms with Crippen LogP contribution in [0.3, 0.4) is 0 Å². The van der Waals surface area contributed by atoms with Crippen molar-refractivity contribution in [2.24, 2.45) is 21.5 Å². The maximum Gasteiger partial charge on any atom is 0.220 e. The van der Waals surface area contributed by atoms with Crippen molar-refractivity contribution in [3.05, 3.63) is 24.3 Å². The maximum atomic E-state index is 6.29. The third-order valence-electron chi connectivity index (χ3n) is 5.34. The summed E-state index contributed by atoms with van der Waals surface area (Å²) < 4.78 is 0. The monoisotopic (exact) mass is 358 g/mol. The second kappa shape index (κ2) is 6.78. The lowest BCUT2D eigenvalue weighted by Crippen LogP contribution is -2.58. The van der Waals surface area contributed by atoms with Gasteiger partial charge in [0.15, 0.2) is 0 Å². The molecule has 6 nitrogen and oxygen atoms in total. The molecule has 0 atom stereocenters. The molecule has 25 heavy (non-hydrogen) atoms. The molecule has 0 aromatic heterocycles.